The Labute approximate surface area is 257 Å². The summed E-state index contributed by atoms with van der Waals surface area (Å²) in [5, 5.41) is 12.2. The Balaban J connectivity index is 1.51. The Bertz CT molecular complexity index is 1210. The lowest BCUT2D eigenvalue weighted by Gasteiger charge is -2.24. The summed E-state index contributed by atoms with van der Waals surface area (Å²) in [6, 6.07) is 11.3. The van der Waals surface area contributed by atoms with E-state index in [4.69, 9.17) is 22.9 Å². The maximum absolute atomic E-state index is 13.3. The summed E-state index contributed by atoms with van der Waals surface area (Å²) in [5.74, 6) is -2.38. The van der Waals surface area contributed by atoms with E-state index in [-0.39, 0.29) is 38.5 Å². The molecule has 13 nitrogen and oxygen atoms in total. The summed E-state index contributed by atoms with van der Waals surface area (Å²) < 4.78 is 39.4. The molecule has 2 unspecified atom stereocenters. The first-order chi connectivity index (χ1) is 21.3. The number of nitrogens with zero attached hydrogens (tertiary/aromatic N) is 1. The standard InChI is InChI=1S/C30H39N2O11P/c1-2-3-13-23(42-29(36)26-16-10-19-39-26)21-41-44(38)43-25(27(33)32-18-9-14-24(32)28(34)35)15-7-8-17-31-30(37)40-20-22-11-5-4-6-12-22/h4-6,10-12,16,19,23-25H,2-3,7-9,13-15,17-18,20-21H2,1H3,(H-,31,34,35,37)/p+1/t23?,24-,25-/m0/s1. The maximum atomic E-state index is 13.3. The predicted octanol–water partition coefficient (Wildman–Crippen LogP) is 5.23. The van der Waals surface area contributed by atoms with Crippen molar-refractivity contribution in [3.05, 3.63) is 60.1 Å². The van der Waals surface area contributed by atoms with Gasteiger partial charge in [-0.05, 0) is 62.6 Å². The smallest absolute Gasteiger partial charge is 0.480 e. The van der Waals surface area contributed by atoms with E-state index in [1.54, 1.807) is 6.07 Å². The summed E-state index contributed by atoms with van der Waals surface area (Å²) in [5.41, 5.74) is 0.853. The molecule has 0 radical (unpaired) electrons. The lowest BCUT2D eigenvalue weighted by molar-refractivity contribution is -0.151. The zero-order valence-corrected chi connectivity index (χ0v) is 25.7. The van der Waals surface area contributed by atoms with Crippen LogP contribution in [0.15, 0.2) is 53.1 Å². The third kappa shape index (κ3) is 11.7. The number of likely N-dealkylation sites (tertiary alicyclic amines) is 1. The number of hydrogen-bond acceptors (Lipinski definition) is 10. The topological polar surface area (TPSA) is 171 Å². The van der Waals surface area contributed by atoms with Crippen LogP contribution in [0, 0.1) is 0 Å². The number of furan rings is 1. The maximum Gasteiger partial charge on any atom is 0.698 e. The Kier molecular flexibility index (Phi) is 14.8. The molecule has 0 spiro atoms. The monoisotopic (exact) mass is 635 g/mol. The normalized spacial score (nSPS) is 16.2. The van der Waals surface area contributed by atoms with Gasteiger partial charge in [0.15, 0.2) is 6.10 Å². The average Bonchev–Trinajstić information content (AvgIpc) is 3.74. The number of nitrogens with one attached hydrogen (secondary N) is 1. The number of carboxylic acid groups (broad SMARTS) is 1. The van der Waals surface area contributed by atoms with Crippen LogP contribution in [-0.4, -0.2) is 71.9 Å². The van der Waals surface area contributed by atoms with Gasteiger partial charge in [0.2, 0.25) is 5.76 Å². The van der Waals surface area contributed by atoms with Gasteiger partial charge >= 0.3 is 26.3 Å². The molecule has 1 fully saturated rings. The number of esters is 1. The van der Waals surface area contributed by atoms with Crippen molar-refractivity contribution in [2.24, 2.45) is 0 Å². The first kappa shape index (κ1) is 34.7. The van der Waals surface area contributed by atoms with E-state index in [2.05, 4.69) is 5.32 Å². The minimum absolute atomic E-state index is 0.0235. The molecule has 0 saturated carbocycles. The molecule has 1 aromatic carbocycles. The van der Waals surface area contributed by atoms with Gasteiger partial charge in [0.25, 0.3) is 5.91 Å². The van der Waals surface area contributed by atoms with Crippen LogP contribution >= 0.6 is 8.25 Å². The first-order valence-corrected chi connectivity index (χ1v) is 15.9. The molecule has 4 atom stereocenters. The van der Waals surface area contributed by atoms with Crippen LogP contribution in [0.5, 0.6) is 0 Å². The van der Waals surface area contributed by atoms with E-state index < -0.39 is 50.4 Å². The minimum atomic E-state index is -2.83. The Morgan fingerprint density at radius 3 is 2.59 bits per heavy atom. The number of carbonyl (C=O) groups is 4. The molecule has 240 valence electrons. The molecular weight excluding hydrogens is 595 g/mol. The second kappa shape index (κ2) is 18.8. The number of hydrogen-bond donors (Lipinski definition) is 2. The highest BCUT2D eigenvalue weighted by Gasteiger charge is 2.41. The Morgan fingerprint density at radius 2 is 1.89 bits per heavy atom. The second-order valence-electron chi connectivity index (χ2n) is 10.3. The van der Waals surface area contributed by atoms with E-state index in [0.29, 0.717) is 32.1 Å². The summed E-state index contributed by atoms with van der Waals surface area (Å²) in [4.78, 5) is 50.6. The highest BCUT2D eigenvalue weighted by atomic mass is 31.1. The fourth-order valence-corrected chi connectivity index (χ4v) is 5.36. The molecule has 2 aromatic rings. The molecule has 2 amide bonds. The molecule has 1 saturated heterocycles. The molecule has 0 aliphatic carbocycles. The van der Waals surface area contributed by atoms with Gasteiger partial charge in [-0.1, -0.05) is 43.7 Å². The number of aliphatic carboxylic acids is 1. The van der Waals surface area contributed by atoms with Crippen molar-refractivity contribution in [2.75, 3.05) is 19.7 Å². The molecule has 14 heteroatoms. The van der Waals surface area contributed by atoms with E-state index in [9.17, 15) is 28.8 Å². The number of carbonyl (C=O) groups excluding carboxylic acids is 3. The lowest BCUT2D eigenvalue weighted by atomic mass is 10.1. The number of amides is 2. The number of ether oxygens (including phenoxy) is 2. The fourth-order valence-electron chi connectivity index (χ4n) is 4.60. The van der Waals surface area contributed by atoms with Crippen molar-refractivity contribution in [3.63, 3.8) is 0 Å². The van der Waals surface area contributed by atoms with Crippen molar-refractivity contribution in [2.45, 2.75) is 83.1 Å². The summed E-state index contributed by atoms with van der Waals surface area (Å²) in [6.45, 7) is 2.37. The van der Waals surface area contributed by atoms with Crippen LogP contribution < -0.4 is 5.32 Å². The highest BCUT2D eigenvalue weighted by molar-refractivity contribution is 7.33. The molecule has 3 rings (SSSR count). The predicted molar refractivity (Wildman–Crippen MR) is 157 cm³/mol. The van der Waals surface area contributed by atoms with Crippen LogP contribution in [0.1, 0.15) is 74.4 Å². The van der Waals surface area contributed by atoms with Crippen LogP contribution in [0.2, 0.25) is 0 Å². The Hall–Kier alpha value is -3.80. The highest BCUT2D eigenvalue weighted by Crippen LogP contribution is 2.31. The van der Waals surface area contributed by atoms with Crippen LogP contribution in [0.4, 0.5) is 4.79 Å². The number of carboxylic acids is 1. The van der Waals surface area contributed by atoms with E-state index in [1.807, 2.05) is 37.3 Å². The van der Waals surface area contributed by atoms with Gasteiger partial charge in [0.1, 0.15) is 25.4 Å². The molecule has 0 bridgehead atoms. The lowest BCUT2D eigenvalue weighted by Crippen LogP contribution is -2.45. The SMILES string of the molecule is CCCCC(CO[P+](=O)O[C@@H](CCCCNC(=O)OCc1ccccc1)C(=O)N1CCC[C@H]1C(=O)O)OC(=O)c1ccco1. The van der Waals surface area contributed by atoms with Crippen molar-refractivity contribution in [1.82, 2.24) is 10.2 Å². The molecular formula is C30H40N2O11P+. The molecule has 44 heavy (non-hydrogen) atoms. The van der Waals surface area contributed by atoms with Crippen molar-refractivity contribution in [3.8, 4) is 0 Å². The van der Waals surface area contributed by atoms with Crippen molar-refractivity contribution < 1.29 is 51.8 Å². The number of rotatable bonds is 19. The van der Waals surface area contributed by atoms with Gasteiger partial charge < -0.3 is 29.2 Å². The Morgan fingerprint density at radius 1 is 1.09 bits per heavy atom. The number of unbranched alkanes of at least 4 members (excludes halogenated alkanes) is 2. The van der Waals surface area contributed by atoms with E-state index >= 15 is 0 Å². The quantitative estimate of drug-likeness (QED) is 0.118. The summed E-state index contributed by atoms with van der Waals surface area (Å²) >= 11 is 0. The summed E-state index contributed by atoms with van der Waals surface area (Å²) in [7, 11) is -2.83. The van der Waals surface area contributed by atoms with Gasteiger partial charge in [-0.25, -0.2) is 14.4 Å². The third-order valence-electron chi connectivity index (χ3n) is 6.93. The second-order valence-corrected chi connectivity index (χ2v) is 11.2. The molecule has 2 heterocycles. The molecule has 1 aromatic heterocycles. The van der Waals surface area contributed by atoms with Crippen LogP contribution in [0.3, 0.4) is 0 Å². The molecule has 1 aliphatic rings. The van der Waals surface area contributed by atoms with Gasteiger partial charge in [-0.15, -0.1) is 9.05 Å². The molecule has 2 N–H and O–H groups in total. The zero-order valence-electron chi connectivity index (χ0n) is 24.8. The van der Waals surface area contributed by atoms with Gasteiger partial charge in [0.05, 0.1) is 6.26 Å². The van der Waals surface area contributed by atoms with Crippen LogP contribution in [0.25, 0.3) is 0 Å². The van der Waals surface area contributed by atoms with E-state index in [0.717, 1.165) is 18.4 Å². The largest absolute Gasteiger partial charge is 0.698 e. The number of benzene rings is 1. The number of alkyl carbamates (subject to hydrolysis) is 1. The van der Waals surface area contributed by atoms with Gasteiger partial charge in [-0.3, -0.25) is 4.79 Å². The van der Waals surface area contributed by atoms with Crippen LogP contribution in [-0.2, 0) is 39.3 Å². The zero-order chi connectivity index (χ0) is 31.7. The van der Waals surface area contributed by atoms with Crippen molar-refractivity contribution in [1.29, 1.82) is 0 Å². The van der Waals surface area contributed by atoms with E-state index in [1.165, 1.54) is 17.2 Å². The third-order valence-corrected chi connectivity index (χ3v) is 7.71. The van der Waals surface area contributed by atoms with Gasteiger partial charge in [-0.2, -0.15) is 0 Å². The van der Waals surface area contributed by atoms with Gasteiger partial charge in [0, 0.05) is 17.7 Å². The first-order valence-electron chi connectivity index (χ1n) is 14.8. The average molecular weight is 636 g/mol. The summed E-state index contributed by atoms with van der Waals surface area (Å²) in [6.07, 6.45) is 2.59. The van der Waals surface area contributed by atoms with Crippen molar-refractivity contribution >= 4 is 32.2 Å². The molecule has 1 aliphatic heterocycles. The minimum Gasteiger partial charge on any atom is -0.480 e. The fraction of sp³-hybridized carbons (Fsp3) is 0.533.